The van der Waals surface area contributed by atoms with E-state index in [1.165, 1.54) is 12.8 Å². The minimum atomic E-state index is 0.750. The molecule has 0 fully saturated rings. The van der Waals surface area contributed by atoms with Gasteiger partial charge >= 0.3 is 25.2 Å². The molecule has 0 aliphatic rings. The van der Waals surface area contributed by atoms with Crippen LogP contribution in [0.4, 0.5) is 5.69 Å². The van der Waals surface area contributed by atoms with Crippen molar-refractivity contribution in [3.05, 3.63) is 35.6 Å². The van der Waals surface area contributed by atoms with Crippen LogP contribution in [0.1, 0.15) is 26.7 Å². The van der Waals surface area contributed by atoms with Crippen LogP contribution < -0.4 is 0 Å². The average molecular weight is 267 g/mol. The molecule has 1 aromatic carbocycles. The Bertz CT molecular complexity index is 224. The van der Waals surface area contributed by atoms with Crippen LogP contribution in [0, 0.1) is 5.92 Å². The fourth-order valence-corrected chi connectivity index (χ4v) is 1.31. The first-order valence-electron chi connectivity index (χ1n) is 5.23. The van der Waals surface area contributed by atoms with Gasteiger partial charge in [-0.2, -0.15) is 0 Å². The molecular formula is C12H18ClMnN. The first-order chi connectivity index (χ1) is 7.36. The molecule has 0 radical (unpaired) electrons. The van der Waals surface area contributed by atoms with Crippen molar-refractivity contribution in [1.29, 1.82) is 0 Å². The average Bonchev–Trinajstić information content (AvgIpc) is 2.34. The Hall–Kier alpha value is -0.171. The summed E-state index contributed by atoms with van der Waals surface area (Å²) in [5.41, 5.74) is 1.11. The Labute approximate surface area is 106 Å². The Balaban J connectivity index is 0.000000921. The van der Waals surface area contributed by atoms with E-state index >= 15 is 0 Å². The van der Waals surface area contributed by atoms with E-state index < -0.39 is 0 Å². The second-order valence-electron chi connectivity index (χ2n) is 3.36. The maximum atomic E-state index is 4.55. The standard InChI is InChI=1S/C12H18N.ClH.Mn/c1-3-11(4-2)10-13-12-8-6-5-7-9-12;;/h5-9,11H,3-4,10H2,1-2H3;1H;/q-1;;+2/p-1. The normalized spacial score (nSPS) is 9.33. The minimum absolute atomic E-state index is 0.750. The fraction of sp³-hybridized carbons (Fsp3) is 0.500. The maximum absolute atomic E-state index is 4.55. The van der Waals surface area contributed by atoms with Crippen molar-refractivity contribution in [2.24, 2.45) is 5.92 Å². The van der Waals surface area contributed by atoms with Crippen LogP contribution in [0.2, 0.25) is 0 Å². The SMILES string of the molecule is CCC(CC)C[N-]c1ccccc1.[Cl][Mn+]. The van der Waals surface area contributed by atoms with Crippen molar-refractivity contribution in [3.63, 3.8) is 0 Å². The summed E-state index contributed by atoms with van der Waals surface area (Å²) in [7, 11) is 4.45. The van der Waals surface area contributed by atoms with E-state index in [0.29, 0.717) is 0 Å². The van der Waals surface area contributed by atoms with Crippen LogP contribution in [-0.2, 0) is 15.1 Å². The van der Waals surface area contributed by atoms with Gasteiger partial charge in [-0.25, -0.2) is 0 Å². The van der Waals surface area contributed by atoms with Gasteiger partial charge in [0.15, 0.2) is 0 Å². The van der Waals surface area contributed by atoms with Crippen molar-refractivity contribution in [1.82, 2.24) is 0 Å². The van der Waals surface area contributed by atoms with Crippen LogP contribution in [-0.4, -0.2) is 6.54 Å². The summed E-state index contributed by atoms with van der Waals surface area (Å²) in [6.45, 7) is 5.43. The number of nitrogens with zero attached hydrogens (tertiary/aromatic N) is 1. The Morgan fingerprint density at radius 1 is 1.13 bits per heavy atom. The molecule has 85 valence electrons. The molecule has 1 aromatic rings. The number of rotatable bonds is 5. The van der Waals surface area contributed by atoms with Crippen LogP contribution in [0.3, 0.4) is 0 Å². The summed E-state index contributed by atoms with van der Waals surface area (Å²) in [5, 5.41) is 4.55. The van der Waals surface area contributed by atoms with Gasteiger partial charge in [0.1, 0.15) is 0 Å². The van der Waals surface area contributed by atoms with Crippen molar-refractivity contribution in [3.8, 4) is 0 Å². The van der Waals surface area contributed by atoms with E-state index in [1.807, 2.05) is 18.2 Å². The summed E-state index contributed by atoms with van der Waals surface area (Å²) < 4.78 is 0. The van der Waals surface area contributed by atoms with E-state index in [2.05, 4.69) is 56.5 Å². The molecule has 1 nitrogen and oxygen atoms in total. The predicted molar refractivity (Wildman–Crippen MR) is 64.3 cm³/mol. The second kappa shape index (κ2) is 10.4. The molecule has 15 heavy (non-hydrogen) atoms. The molecule has 3 heteroatoms. The monoisotopic (exact) mass is 266 g/mol. The van der Waals surface area contributed by atoms with Gasteiger partial charge in [-0.1, -0.05) is 62.9 Å². The third-order valence-corrected chi connectivity index (χ3v) is 2.44. The Morgan fingerprint density at radius 3 is 2.13 bits per heavy atom. The zero-order valence-corrected chi connectivity index (χ0v) is 11.2. The molecule has 0 heterocycles. The van der Waals surface area contributed by atoms with Crippen molar-refractivity contribution in [2.45, 2.75) is 26.7 Å². The molecule has 0 N–H and O–H groups in total. The molecule has 1 rings (SSSR count). The summed E-state index contributed by atoms with van der Waals surface area (Å²) in [5.74, 6) is 0.750. The molecule has 0 aliphatic carbocycles. The van der Waals surface area contributed by atoms with Gasteiger partial charge < -0.3 is 5.32 Å². The molecule has 0 aliphatic heterocycles. The van der Waals surface area contributed by atoms with E-state index in [-0.39, 0.29) is 0 Å². The molecule has 0 amide bonds. The molecule has 0 saturated carbocycles. The molecule has 0 bridgehead atoms. The third kappa shape index (κ3) is 6.83. The zero-order chi connectivity index (χ0) is 11.5. The molecule has 0 unspecified atom stereocenters. The number of hydrogen-bond donors (Lipinski definition) is 0. The van der Waals surface area contributed by atoms with Crippen LogP contribution >= 0.6 is 10.1 Å². The van der Waals surface area contributed by atoms with E-state index in [9.17, 15) is 0 Å². The predicted octanol–water partition coefficient (Wildman–Crippen LogP) is 4.82. The van der Waals surface area contributed by atoms with Gasteiger partial charge in [-0.3, -0.25) is 0 Å². The van der Waals surface area contributed by atoms with Crippen molar-refractivity contribution < 1.29 is 15.1 Å². The van der Waals surface area contributed by atoms with Crippen molar-refractivity contribution in [2.75, 3.05) is 6.54 Å². The van der Waals surface area contributed by atoms with Gasteiger partial charge in [0.2, 0.25) is 0 Å². The van der Waals surface area contributed by atoms with Gasteiger partial charge in [0, 0.05) is 0 Å². The summed E-state index contributed by atoms with van der Waals surface area (Å²) in [6, 6.07) is 10.2. The van der Waals surface area contributed by atoms with Gasteiger partial charge in [-0.05, 0) is 0 Å². The number of halogens is 1. The molecule has 0 spiro atoms. The van der Waals surface area contributed by atoms with E-state index in [1.54, 1.807) is 0 Å². The van der Waals surface area contributed by atoms with Crippen LogP contribution in [0.5, 0.6) is 0 Å². The van der Waals surface area contributed by atoms with E-state index in [0.717, 1.165) is 18.2 Å². The van der Waals surface area contributed by atoms with Crippen LogP contribution in [0.25, 0.3) is 5.32 Å². The molecule has 0 saturated heterocycles. The number of hydrogen-bond acceptors (Lipinski definition) is 0. The molecular weight excluding hydrogens is 249 g/mol. The first-order valence-corrected chi connectivity index (χ1v) is 6.86. The molecule has 0 atom stereocenters. The molecule has 0 aromatic heterocycles. The van der Waals surface area contributed by atoms with Gasteiger partial charge in [-0.15, -0.1) is 12.2 Å². The Morgan fingerprint density at radius 2 is 1.67 bits per heavy atom. The van der Waals surface area contributed by atoms with Crippen molar-refractivity contribution >= 4 is 15.8 Å². The van der Waals surface area contributed by atoms with Crippen LogP contribution in [0.15, 0.2) is 30.3 Å². The van der Waals surface area contributed by atoms with E-state index in [4.69, 9.17) is 0 Å². The second-order valence-corrected chi connectivity index (χ2v) is 3.36. The zero-order valence-electron chi connectivity index (χ0n) is 9.29. The Kier molecular flexibility index (Phi) is 10.2. The summed E-state index contributed by atoms with van der Waals surface area (Å²) in [6.07, 6.45) is 2.46. The van der Waals surface area contributed by atoms with Gasteiger partial charge in [0.05, 0.1) is 0 Å². The first kappa shape index (κ1) is 14.8. The topological polar surface area (TPSA) is 14.1 Å². The van der Waals surface area contributed by atoms with Gasteiger partial charge in [0.25, 0.3) is 0 Å². The number of benzene rings is 1. The quantitative estimate of drug-likeness (QED) is 0.679. The summed E-state index contributed by atoms with van der Waals surface area (Å²) >= 11 is 2.41. The summed E-state index contributed by atoms with van der Waals surface area (Å²) in [4.78, 5) is 0. The number of para-hydroxylation sites is 1. The fourth-order valence-electron chi connectivity index (χ4n) is 1.31. The third-order valence-electron chi connectivity index (χ3n) is 2.44.